The SMILES string of the molecule is O=C1CCCc2ccccc2N1C(=O)CN1CCC(Cc2ccccc2)CC1. The van der Waals surface area contributed by atoms with Gasteiger partial charge in [-0.05, 0) is 68.3 Å². The van der Waals surface area contributed by atoms with Crippen molar-refractivity contribution < 1.29 is 9.59 Å². The number of likely N-dealkylation sites (tertiary alicyclic amines) is 1. The lowest BCUT2D eigenvalue weighted by Crippen LogP contribution is -2.46. The Hall–Kier alpha value is -2.46. The molecular weight excluding hydrogens is 348 g/mol. The highest BCUT2D eigenvalue weighted by atomic mass is 16.2. The summed E-state index contributed by atoms with van der Waals surface area (Å²) in [6.07, 6.45) is 5.43. The second kappa shape index (κ2) is 8.70. The number of rotatable bonds is 4. The summed E-state index contributed by atoms with van der Waals surface area (Å²) in [6, 6.07) is 18.5. The average molecular weight is 377 g/mol. The molecule has 0 spiro atoms. The molecule has 2 aromatic carbocycles. The maximum absolute atomic E-state index is 13.0. The fourth-order valence-electron chi connectivity index (χ4n) is 4.45. The van der Waals surface area contributed by atoms with Crippen LogP contribution >= 0.6 is 0 Å². The third kappa shape index (κ3) is 4.33. The van der Waals surface area contributed by atoms with Crippen molar-refractivity contribution >= 4 is 17.5 Å². The van der Waals surface area contributed by atoms with Gasteiger partial charge in [-0.3, -0.25) is 14.5 Å². The molecule has 2 heterocycles. The second-order valence-corrected chi connectivity index (χ2v) is 8.01. The van der Waals surface area contributed by atoms with Gasteiger partial charge in [0.25, 0.3) is 0 Å². The lowest BCUT2D eigenvalue weighted by atomic mass is 9.90. The zero-order valence-electron chi connectivity index (χ0n) is 16.3. The van der Waals surface area contributed by atoms with E-state index in [1.54, 1.807) is 0 Å². The van der Waals surface area contributed by atoms with Crippen LogP contribution < -0.4 is 4.90 Å². The molecule has 0 aromatic heterocycles. The van der Waals surface area contributed by atoms with Gasteiger partial charge in [0.2, 0.25) is 11.8 Å². The van der Waals surface area contributed by atoms with Gasteiger partial charge in [-0.15, -0.1) is 0 Å². The van der Waals surface area contributed by atoms with E-state index >= 15 is 0 Å². The second-order valence-electron chi connectivity index (χ2n) is 8.01. The van der Waals surface area contributed by atoms with E-state index in [9.17, 15) is 9.59 Å². The number of carbonyl (C=O) groups excluding carboxylic acids is 2. The standard InChI is InChI=1S/C24H28N2O2/c27-23-12-6-10-21-9-4-5-11-22(21)26(23)24(28)18-25-15-13-20(14-16-25)17-19-7-2-1-3-8-19/h1-5,7-9,11,20H,6,10,12-18H2. The monoisotopic (exact) mass is 376 g/mol. The quantitative estimate of drug-likeness (QED) is 0.814. The molecule has 0 bridgehead atoms. The Morgan fingerprint density at radius 2 is 1.64 bits per heavy atom. The molecule has 2 aliphatic rings. The van der Waals surface area contributed by atoms with Crippen LogP contribution in [0.3, 0.4) is 0 Å². The number of para-hydroxylation sites is 1. The highest BCUT2D eigenvalue weighted by molar-refractivity contribution is 6.16. The van der Waals surface area contributed by atoms with E-state index in [-0.39, 0.29) is 11.8 Å². The summed E-state index contributed by atoms with van der Waals surface area (Å²) in [5.74, 6) is 0.532. The van der Waals surface area contributed by atoms with Crippen LogP contribution in [0.4, 0.5) is 5.69 Å². The molecule has 146 valence electrons. The summed E-state index contributed by atoms with van der Waals surface area (Å²) < 4.78 is 0. The first-order chi connectivity index (χ1) is 13.7. The van der Waals surface area contributed by atoms with Crippen LogP contribution in [-0.2, 0) is 22.4 Å². The molecule has 0 atom stereocenters. The first-order valence-corrected chi connectivity index (χ1v) is 10.4. The van der Waals surface area contributed by atoms with Gasteiger partial charge in [-0.1, -0.05) is 48.5 Å². The lowest BCUT2D eigenvalue weighted by Gasteiger charge is -2.33. The van der Waals surface area contributed by atoms with Crippen LogP contribution in [0.1, 0.15) is 36.8 Å². The van der Waals surface area contributed by atoms with Gasteiger partial charge in [0.1, 0.15) is 0 Å². The van der Waals surface area contributed by atoms with E-state index in [1.165, 1.54) is 10.5 Å². The van der Waals surface area contributed by atoms with E-state index in [1.807, 2.05) is 24.3 Å². The number of amides is 2. The fraction of sp³-hybridized carbons (Fsp3) is 0.417. The molecule has 0 saturated carbocycles. The minimum atomic E-state index is -0.0825. The van der Waals surface area contributed by atoms with E-state index in [0.717, 1.165) is 56.4 Å². The third-order valence-electron chi connectivity index (χ3n) is 6.00. The van der Waals surface area contributed by atoms with Gasteiger partial charge in [-0.2, -0.15) is 0 Å². The van der Waals surface area contributed by atoms with Crippen LogP contribution in [0, 0.1) is 5.92 Å². The van der Waals surface area contributed by atoms with E-state index in [2.05, 4.69) is 35.2 Å². The molecule has 0 radical (unpaired) electrons. The summed E-state index contributed by atoms with van der Waals surface area (Å²) in [6.45, 7) is 2.18. The number of aryl methyl sites for hydroxylation is 1. The largest absolute Gasteiger partial charge is 0.294 e. The molecule has 0 unspecified atom stereocenters. The van der Waals surface area contributed by atoms with Crippen molar-refractivity contribution in [1.29, 1.82) is 0 Å². The minimum Gasteiger partial charge on any atom is -0.294 e. The van der Waals surface area contributed by atoms with Gasteiger partial charge in [0.15, 0.2) is 0 Å². The molecule has 2 amide bonds. The van der Waals surface area contributed by atoms with Gasteiger partial charge < -0.3 is 0 Å². The van der Waals surface area contributed by atoms with Crippen molar-refractivity contribution in [2.75, 3.05) is 24.5 Å². The number of carbonyl (C=O) groups is 2. The normalized spacial score (nSPS) is 18.6. The summed E-state index contributed by atoms with van der Waals surface area (Å²) in [5.41, 5.74) is 3.28. The predicted molar refractivity (Wildman–Crippen MR) is 111 cm³/mol. The van der Waals surface area contributed by atoms with Gasteiger partial charge in [-0.25, -0.2) is 4.90 Å². The number of benzene rings is 2. The van der Waals surface area contributed by atoms with Crippen LogP contribution in [0.25, 0.3) is 0 Å². The molecule has 1 saturated heterocycles. The fourth-order valence-corrected chi connectivity index (χ4v) is 4.45. The molecular formula is C24H28N2O2. The van der Waals surface area contributed by atoms with Crippen LogP contribution in [0.5, 0.6) is 0 Å². The van der Waals surface area contributed by atoms with Crippen LogP contribution in [0.2, 0.25) is 0 Å². The average Bonchev–Trinajstić information content (AvgIpc) is 2.88. The molecule has 4 rings (SSSR count). The molecule has 4 heteroatoms. The lowest BCUT2D eigenvalue weighted by molar-refractivity contribution is -0.127. The Kier molecular flexibility index (Phi) is 5.87. The molecule has 2 aliphatic heterocycles. The molecule has 4 nitrogen and oxygen atoms in total. The van der Waals surface area contributed by atoms with Crippen LogP contribution in [-0.4, -0.2) is 36.3 Å². The molecule has 2 aromatic rings. The number of anilines is 1. The van der Waals surface area contributed by atoms with Gasteiger partial charge in [0.05, 0.1) is 12.2 Å². The Labute approximate surface area is 167 Å². The minimum absolute atomic E-state index is 0.0612. The van der Waals surface area contributed by atoms with Crippen LogP contribution in [0.15, 0.2) is 54.6 Å². The summed E-state index contributed by atoms with van der Waals surface area (Å²) in [5, 5.41) is 0. The Morgan fingerprint density at radius 3 is 2.43 bits per heavy atom. The highest BCUT2D eigenvalue weighted by Gasteiger charge is 2.29. The smallest absolute Gasteiger partial charge is 0.247 e. The number of hydrogen-bond donors (Lipinski definition) is 0. The third-order valence-corrected chi connectivity index (χ3v) is 6.00. The first kappa shape index (κ1) is 18.9. The van der Waals surface area contributed by atoms with Crippen molar-refractivity contribution in [1.82, 2.24) is 4.90 Å². The van der Waals surface area contributed by atoms with Crippen molar-refractivity contribution in [3.63, 3.8) is 0 Å². The number of imide groups is 1. The number of piperidine rings is 1. The maximum atomic E-state index is 13.0. The van der Waals surface area contributed by atoms with Crippen molar-refractivity contribution in [2.45, 2.75) is 38.5 Å². The highest BCUT2D eigenvalue weighted by Crippen LogP contribution is 2.28. The summed E-state index contributed by atoms with van der Waals surface area (Å²) in [7, 11) is 0. The molecule has 0 N–H and O–H groups in total. The Balaban J connectivity index is 1.36. The van der Waals surface area contributed by atoms with Crippen molar-refractivity contribution in [3.05, 3.63) is 65.7 Å². The van der Waals surface area contributed by atoms with Gasteiger partial charge in [0, 0.05) is 6.42 Å². The van der Waals surface area contributed by atoms with E-state index in [0.29, 0.717) is 18.9 Å². The van der Waals surface area contributed by atoms with Crippen molar-refractivity contribution in [2.24, 2.45) is 5.92 Å². The van der Waals surface area contributed by atoms with E-state index < -0.39 is 0 Å². The first-order valence-electron chi connectivity index (χ1n) is 10.4. The number of fused-ring (bicyclic) bond motifs is 1. The molecule has 28 heavy (non-hydrogen) atoms. The number of nitrogens with zero attached hydrogens (tertiary/aromatic N) is 2. The van der Waals surface area contributed by atoms with E-state index in [4.69, 9.17) is 0 Å². The Morgan fingerprint density at radius 1 is 0.929 bits per heavy atom. The van der Waals surface area contributed by atoms with Gasteiger partial charge >= 0.3 is 0 Å². The predicted octanol–water partition coefficient (Wildman–Crippen LogP) is 3.84. The maximum Gasteiger partial charge on any atom is 0.247 e. The zero-order chi connectivity index (χ0) is 19.3. The molecule has 0 aliphatic carbocycles. The Bertz CT molecular complexity index is 826. The molecule has 1 fully saturated rings. The number of hydrogen-bond acceptors (Lipinski definition) is 3. The zero-order valence-corrected chi connectivity index (χ0v) is 16.3. The topological polar surface area (TPSA) is 40.6 Å². The summed E-state index contributed by atoms with van der Waals surface area (Å²) >= 11 is 0. The summed E-state index contributed by atoms with van der Waals surface area (Å²) in [4.78, 5) is 29.3. The van der Waals surface area contributed by atoms with Crippen molar-refractivity contribution in [3.8, 4) is 0 Å².